The number of carbonyl (C=O) groups is 1. The lowest BCUT2D eigenvalue weighted by Gasteiger charge is -2.20. The molecule has 0 heterocycles. The van der Waals surface area contributed by atoms with Gasteiger partial charge in [-0.3, -0.25) is 0 Å². The van der Waals surface area contributed by atoms with E-state index in [1.807, 2.05) is 26.8 Å². The third kappa shape index (κ3) is 7.31. The molecule has 0 spiro atoms. The summed E-state index contributed by atoms with van der Waals surface area (Å²) in [6.07, 6.45) is 1.22. The Kier molecular flexibility index (Phi) is 6.17. The largest absolute Gasteiger partial charge is 0.413 e. The smallest absolute Gasteiger partial charge is 0.410 e. The SMILES string of the molecule is C=CCNC(=S)Nc1cccc(OC(=O)NC(C)(C)C)c1. The first-order chi connectivity index (χ1) is 9.80. The monoisotopic (exact) mass is 307 g/mol. The lowest BCUT2D eigenvalue weighted by atomic mass is 10.1. The van der Waals surface area contributed by atoms with Gasteiger partial charge in [-0.25, -0.2) is 4.79 Å². The first kappa shape index (κ1) is 17.0. The number of nitrogens with one attached hydrogen (secondary N) is 3. The molecule has 0 atom stereocenters. The van der Waals surface area contributed by atoms with E-state index >= 15 is 0 Å². The van der Waals surface area contributed by atoms with Crippen LogP contribution in [0.15, 0.2) is 36.9 Å². The van der Waals surface area contributed by atoms with Crippen LogP contribution in [0.1, 0.15) is 20.8 Å². The molecule has 0 aliphatic rings. The molecule has 1 amide bonds. The minimum absolute atomic E-state index is 0.344. The van der Waals surface area contributed by atoms with Gasteiger partial charge in [0.25, 0.3) is 0 Å². The summed E-state index contributed by atoms with van der Waals surface area (Å²) < 4.78 is 5.22. The van der Waals surface area contributed by atoms with Crippen LogP contribution in [-0.4, -0.2) is 23.3 Å². The summed E-state index contributed by atoms with van der Waals surface area (Å²) in [6.45, 7) is 9.84. The summed E-state index contributed by atoms with van der Waals surface area (Å²) in [5.74, 6) is 0.438. The first-order valence-electron chi connectivity index (χ1n) is 6.56. The molecule has 0 bridgehead atoms. The summed E-state index contributed by atoms with van der Waals surface area (Å²) >= 11 is 5.11. The van der Waals surface area contributed by atoms with Crippen molar-refractivity contribution in [2.24, 2.45) is 0 Å². The van der Waals surface area contributed by atoms with Gasteiger partial charge >= 0.3 is 6.09 Å². The molecule has 114 valence electrons. The average Bonchev–Trinajstić information content (AvgIpc) is 2.34. The van der Waals surface area contributed by atoms with Gasteiger partial charge in [0.15, 0.2) is 5.11 Å². The van der Waals surface area contributed by atoms with E-state index in [2.05, 4.69) is 22.5 Å². The Morgan fingerprint density at radius 2 is 2.14 bits per heavy atom. The molecule has 1 aromatic carbocycles. The lowest BCUT2D eigenvalue weighted by molar-refractivity contribution is 0.190. The number of carbonyl (C=O) groups excluding carboxylic acids is 1. The van der Waals surface area contributed by atoms with E-state index in [-0.39, 0.29) is 5.54 Å². The number of benzene rings is 1. The highest BCUT2D eigenvalue weighted by atomic mass is 32.1. The fourth-order valence-corrected chi connectivity index (χ4v) is 1.62. The van der Waals surface area contributed by atoms with Gasteiger partial charge in [0, 0.05) is 23.8 Å². The lowest BCUT2D eigenvalue weighted by Crippen LogP contribution is -2.42. The summed E-state index contributed by atoms with van der Waals surface area (Å²) in [5.41, 5.74) is 0.390. The van der Waals surface area contributed by atoms with E-state index < -0.39 is 6.09 Å². The van der Waals surface area contributed by atoms with Crippen molar-refractivity contribution < 1.29 is 9.53 Å². The van der Waals surface area contributed by atoms with Crippen molar-refractivity contribution in [3.05, 3.63) is 36.9 Å². The molecule has 0 fully saturated rings. The van der Waals surface area contributed by atoms with Crippen LogP contribution in [0.5, 0.6) is 5.75 Å². The van der Waals surface area contributed by atoms with Crippen molar-refractivity contribution in [2.75, 3.05) is 11.9 Å². The number of thiocarbonyl (C=S) groups is 1. The van der Waals surface area contributed by atoms with Gasteiger partial charge in [-0.05, 0) is 45.1 Å². The number of amides is 1. The van der Waals surface area contributed by atoms with Crippen molar-refractivity contribution >= 4 is 29.1 Å². The number of rotatable bonds is 4. The van der Waals surface area contributed by atoms with Crippen molar-refractivity contribution in [3.63, 3.8) is 0 Å². The molecule has 1 rings (SSSR count). The van der Waals surface area contributed by atoms with Crippen molar-refractivity contribution in [1.82, 2.24) is 10.6 Å². The minimum Gasteiger partial charge on any atom is -0.410 e. The zero-order chi connectivity index (χ0) is 15.9. The van der Waals surface area contributed by atoms with Crippen LogP contribution in [0.2, 0.25) is 0 Å². The van der Waals surface area contributed by atoms with E-state index in [1.54, 1.807) is 24.3 Å². The first-order valence-corrected chi connectivity index (χ1v) is 6.97. The normalized spacial score (nSPS) is 10.4. The van der Waals surface area contributed by atoms with E-state index in [9.17, 15) is 4.79 Å². The Balaban J connectivity index is 2.62. The summed E-state index contributed by atoms with van der Waals surface area (Å²) in [6, 6.07) is 7.01. The zero-order valence-corrected chi connectivity index (χ0v) is 13.3. The third-order valence-corrected chi connectivity index (χ3v) is 2.43. The molecule has 0 radical (unpaired) electrons. The maximum Gasteiger partial charge on any atom is 0.413 e. The highest BCUT2D eigenvalue weighted by molar-refractivity contribution is 7.80. The van der Waals surface area contributed by atoms with Crippen LogP contribution in [-0.2, 0) is 0 Å². The predicted octanol–water partition coefficient (Wildman–Crippen LogP) is 3.05. The van der Waals surface area contributed by atoms with Crippen LogP contribution >= 0.6 is 12.2 Å². The Hall–Kier alpha value is -2.08. The number of ether oxygens (including phenoxy) is 1. The maximum atomic E-state index is 11.7. The highest BCUT2D eigenvalue weighted by Crippen LogP contribution is 2.17. The molecule has 3 N–H and O–H groups in total. The fraction of sp³-hybridized carbons (Fsp3) is 0.333. The molecular weight excluding hydrogens is 286 g/mol. The van der Waals surface area contributed by atoms with E-state index in [0.717, 1.165) is 5.69 Å². The highest BCUT2D eigenvalue weighted by Gasteiger charge is 2.15. The second-order valence-corrected chi connectivity index (χ2v) is 5.82. The maximum absolute atomic E-state index is 11.7. The molecule has 21 heavy (non-hydrogen) atoms. The van der Waals surface area contributed by atoms with Gasteiger partial charge in [0.2, 0.25) is 0 Å². The van der Waals surface area contributed by atoms with Crippen molar-refractivity contribution in [2.45, 2.75) is 26.3 Å². The quantitative estimate of drug-likeness (QED) is 0.589. The predicted molar refractivity (Wildman–Crippen MR) is 89.8 cm³/mol. The second-order valence-electron chi connectivity index (χ2n) is 5.42. The molecule has 0 aromatic heterocycles. The van der Waals surface area contributed by atoms with E-state index in [4.69, 9.17) is 17.0 Å². The summed E-state index contributed by atoms with van der Waals surface area (Å²) in [4.78, 5) is 11.7. The molecule has 0 saturated carbocycles. The van der Waals surface area contributed by atoms with Crippen molar-refractivity contribution in [3.8, 4) is 5.75 Å². The van der Waals surface area contributed by atoms with Crippen LogP contribution in [0, 0.1) is 0 Å². The van der Waals surface area contributed by atoms with Crippen LogP contribution in [0.4, 0.5) is 10.5 Å². The molecule has 0 saturated heterocycles. The average molecular weight is 307 g/mol. The van der Waals surface area contributed by atoms with Gasteiger partial charge < -0.3 is 20.7 Å². The number of hydrogen-bond donors (Lipinski definition) is 3. The molecule has 0 unspecified atom stereocenters. The van der Waals surface area contributed by atoms with Crippen LogP contribution < -0.4 is 20.7 Å². The zero-order valence-electron chi connectivity index (χ0n) is 12.5. The molecule has 1 aromatic rings. The molecule has 0 aliphatic heterocycles. The molecular formula is C15H21N3O2S. The Labute approximate surface area is 130 Å². The third-order valence-electron chi connectivity index (χ3n) is 2.19. The van der Waals surface area contributed by atoms with Gasteiger partial charge in [-0.15, -0.1) is 6.58 Å². The standard InChI is InChI=1S/C15H21N3O2S/c1-5-9-16-13(21)17-11-7-6-8-12(10-11)20-14(19)18-15(2,3)4/h5-8,10H,1,9H2,2-4H3,(H,18,19)(H2,16,17,21). The van der Waals surface area contributed by atoms with Gasteiger partial charge in [0.1, 0.15) is 5.75 Å². The van der Waals surface area contributed by atoms with Crippen molar-refractivity contribution in [1.29, 1.82) is 0 Å². The minimum atomic E-state index is -0.494. The number of anilines is 1. The molecule has 0 aliphatic carbocycles. The van der Waals surface area contributed by atoms with E-state index in [0.29, 0.717) is 17.4 Å². The van der Waals surface area contributed by atoms with Gasteiger partial charge in [0.05, 0.1) is 0 Å². The summed E-state index contributed by atoms with van der Waals surface area (Å²) in [5, 5.41) is 9.16. The molecule has 5 nitrogen and oxygen atoms in total. The fourth-order valence-electron chi connectivity index (χ4n) is 1.42. The Morgan fingerprint density at radius 3 is 2.76 bits per heavy atom. The van der Waals surface area contributed by atoms with Crippen LogP contribution in [0.3, 0.4) is 0 Å². The number of hydrogen-bond acceptors (Lipinski definition) is 3. The Bertz CT molecular complexity index is 524. The topological polar surface area (TPSA) is 62.4 Å². The summed E-state index contributed by atoms with van der Waals surface area (Å²) in [7, 11) is 0. The van der Waals surface area contributed by atoms with Gasteiger partial charge in [-0.1, -0.05) is 12.1 Å². The van der Waals surface area contributed by atoms with Crippen LogP contribution in [0.25, 0.3) is 0 Å². The van der Waals surface area contributed by atoms with E-state index in [1.165, 1.54) is 0 Å². The second kappa shape index (κ2) is 7.64. The molecule has 6 heteroatoms. The Morgan fingerprint density at radius 1 is 1.43 bits per heavy atom. The van der Waals surface area contributed by atoms with Gasteiger partial charge in [-0.2, -0.15) is 0 Å².